The molecule has 216 valence electrons. The summed E-state index contributed by atoms with van der Waals surface area (Å²) in [4.78, 5) is 46.5. The molecular weight excluding hydrogens is 564 g/mol. The fraction of sp³-hybridized carbons (Fsp3) is 0.182. The van der Waals surface area contributed by atoms with Gasteiger partial charge in [-0.05, 0) is 49.8 Å². The number of hydrogen-bond acceptors (Lipinski definition) is 8. The number of amides is 1. The number of aromatic nitrogens is 1. The summed E-state index contributed by atoms with van der Waals surface area (Å²) in [5, 5.41) is 5.84. The summed E-state index contributed by atoms with van der Waals surface area (Å²) in [7, 11) is 1.56. The maximum atomic E-state index is 14.2. The average Bonchev–Trinajstić information content (AvgIpc) is 3.51. The monoisotopic (exact) mass is 592 g/mol. The Morgan fingerprint density at radius 2 is 1.72 bits per heavy atom. The lowest BCUT2D eigenvalue weighted by atomic mass is 9.93. The van der Waals surface area contributed by atoms with Gasteiger partial charge in [0.2, 0.25) is 0 Å². The van der Waals surface area contributed by atoms with Gasteiger partial charge in [0.25, 0.3) is 11.5 Å². The molecule has 43 heavy (non-hydrogen) atoms. The highest BCUT2D eigenvalue weighted by Crippen LogP contribution is 2.36. The largest absolute Gasteiger partial charge is 0.497 e. The maximum absolute atomic E-state index is 14.2. The molecule has 1 amide bonds. The van der Waals surface area contributed by atoms with Gasteiger partial charge in [-0.2, -0.15) is 10.1 Å². The number of nitrogens with zero attached hydrogens (tertiary/aromatic N) is 4. The number of hydrazone groups is 1. The molecule has 2 aliphatic rings. The molecule has 3 heterocycles. The second-order valence-electron chi connectivity index (χ2n) is 9.94. The van der Waals surface area contributed by atoms with E-state index in [1.165, 1.54) is 20.9 Å². The number of carbonyl (C=O) groups excluding carboxylic acids is 2. The molecule has 0 saturated carbocycles. The molecule has 10 heteroatoms. The Morgan fingerprint density at radius 3 is 2.42 bits per heavy atom. The van der Waals surface area contributed by atoms with Gasteiger partial charge in [0.1, 0.15) is 11.7 Å². The number of rotatable bonds is 7. The van der Waals surface area contributed by atoms with Crippen molar-refractivity contribution in [1.82, 2.24) is 4.57 Å². The number of anilines is 1. The second-order valence-corrected chi connectivity index (χ2v) is 10.9. The van der Waals surface area contributed by atoms with Gasteiger partial charge in [0.15, 0.2) is 4.80 Å². The third kappa shape index (κ3) is 5.10. The number of methoxy groups -OCH3 is 1. The van der Waals surface area contributed by atoms with Crippen LogP contribution in [0.3, 0.4) is 0 Å². The Kier molecular flexibility index (Phi) is 7.60. The molecule has 2 atom stereocenters. The number of ether oxygens (including phenoxy) is 2. The summed E-state index contributed by atoms with van der Waals surface area (Å²) in [5.74, 6) is -0.976. The van der Waals surface area contributed by atoms with Gasteiger partial charge in [-0.15, -0.1) is 0 Å². The van der Waals surface area contributed by atoms with Crippen molar-refractivity contribution in [1.29, 1.82) is 0 Å². The second kappa shape index (κ2) is 11.7. The highest BCUT2D eigenvalue weighted by atomic mass is 32.1. The van der Waals surface area contributed by atoms with Gasteiger partial charge in [-0.1, -0.05) is 72.0 Å². The standard InChI is InChI=1S/C33H28N4O5S/c1-4-42-32(40)27-28(21-12-7-5-8-13-21)34-33-36(29(27)22-14-11-17-24(18-22)41-3)31(39)26(43-33)19-25-20(2)35-37(30(25)38)23-15-9-6-10-16-23/h5-19,25,29H,4H2,1-3H3/b26-19+/t25-,29+/m1/s1. The lowest BCUT2D eigenvalue weighted by Gasteiger charge is -2.26. The molecule has 0 radical (unpaired) electrons. The van der Waals surface area contributed by atoms with Crippen molar-refractivity contribution in [2.75, 3.05) is 18.7 Å². The molecule has 1 aromatic heterocycles. The van der Waals surface area contributed by atoms with Gasteiger partial charge in [-0.25, -0.2) is 9.79 Å². The molecule has 0 aliphatic carbocycles. The number of benzene rings is 3. The van der Waals surface area contributed by atoms with Crippen LogP contribution in [-0.4, -0.2) is 35.9 Å². The van der Waals surface area contributed by atoms with Crippen LogP contribution in [0, 0.1) is 5.92 Å². The van der Waals surface area contributed by atoms with Gasteiger partial charge >= 0.3 is 5.97 Å². The van der Waals surface area contributed by atoms with E-state index in [1.54, 1.807) is 51.3 Å². The molecule has 4 aromatic rings. The van der Waals surface area contributed by atoms with Crippen molar-refractivity contribution in [3.05, 3.63) is 121 Å². The van der Waals surface area contributed by atoms with Gasteiger partial charge in [0, 0.05) is 5.56 Å². The van der Waals surface area contributed by atoms with Crippen molar-refractivity contribution < 1.29 is 19.1 Å². The molecule has 0 bridgehead atoms. The molecule has 0 N–H and O–H groups in total. The first-order chi connectivity index (χ1) is 20.9. The first-order valence-corrected chi connectivity index (χ1v) is 14.6. The number of carbonyl (C=O) groups is 2. The highest BCUT2D eigenvalue weighted by molar-refractivity contribution is 7.07. The Morgan fingerprint density at radius 1 is 1.00 bits per heavy atom. The minimum Gasteiger partial charge on any atom is -0.497 e. The van der Waals surface area contributed by atoms with Crippen LogP contribution >= 0.6 is 11.3 Å². The zero-order chi connectivity index (χ0) is 30.1. The summed E-state index contributed by atoms with van der Waals surface area (Å²) in [6, 6.07) is 24.9. The minimum atomic E-state index is -0.849. The van der Waals surface area contributed by atoms with Crippen LogP contribution in [0.25, 0.3) is 11.8 Å². The van der Waals surface area contributed by atoms with Crippen molar-refractivity contribution >= 4 is 46.4 Å². The first kappa shape index (κ1) is 28.0. The lowest BCUT2D eigenvalue weighted by molar-refractivity contribution is -0.138. The molecule has 9 nitrogen and oxygen atoms in total. The zero-order valence-corrected chi connectivity index (χ0v) is 24.6. The van der Waals surface area contributed by atoms with Crippen molar-refractivity contribution in [3.8, 4) is 5.75 Å². The number of hydrogen-bond donors (Lipinski definition) is 0. The number of para-hydroxylation sites is 1. The van der Waals surface area contributed by atoms with Crippen LogP contribution < -0.4 is 24.6 Å². The average molecular weight is 593 g/mol. The molecule has 0 unspecified atom stereocenters. The lowest BCUT2D eigenvalue weighted by Crippen LogP contribution is -2.40. The molecule has 3 aromatic carbocycles. The van der Waals surface area contributed by atoms with E-state index >= 15 is 0 Å². The summed E-state index contributed by atoms with van der Waals surface area (Å²) < 4.78 is 12.8. The van der Waals surface area contributed by atoms with E-state index in [9.17, 15) is 14.4 Å². The normalized spacial score (nSPS) is 18.3. The predicted molar refractivity (Wildman–Crippen MR) is 165 cm³/mol. The number of thiazole rings is 1. The maximum Gasteiger partial charge on any atom is 0.338 e. The van der Waals surface area contributed by atoms with Crippen LogP contribution in [0.2, 0.25) is 0 Å². The number of fused-ring (bicyclic) bond motifs is 1. The fourth-order valence-corrected chi connectivity index (χ4v) is 6.27. The SMILES string of the molecule is CCOC(=O)C1=C(c2ccccc2)N=c2s/c(=C/[C@H]3C(=O)N(c4ccccc4)N=C3C)c(=O)n2[C@H]1c1cccc(OC)c1. The molecular formula is C33H28N4O5S. The zero-order valence-electron chi connectivity index (χ0n) is 23.8. The van der Waals surface area contributed by atoms with Crippen LogP contribution in [0.5, 0.6) is 5.75 Å². The van der Waals surface area contributed by atoms with Crippen LogP contribution in [0.4, 0.5) is 5.69 Å². The van der Waals surface area contributed by atoms with Crippen LogP contribution in [0.1, 0.15) is 31.0 Å². The fourth-order valence-electron chi connectivity index (χ4n) is 5.26. The van der Waals surface area contributed by atoms with Crippen molar-refractivity contribution in [2.45, 2.75) is 19.9 Å². The molecule has 0 spiro atoms. The van der Waals surface area contributed by atoms with Crippen LogP contribution in [0.15, 0.2) is 105 Å². The van der Waals surface area contributed by atoms with E-state index in [0.29, 0.717) is 43.3 Å². The predicted octanol–water partition coefficient (Wildman–Crippen LogP) is 3.93. The molecule has 6 rings (SSSR count). The van der Waals surface area contributed by atoms with Crippen molar-refractivity contribution in [2.24, 2.45) is 16.0 Å². The Bertz CT molecular complexity index is 1960. The van der Waals surface area contributed by atoms with Gasteiger partial charge in [0.05, 0.1) is 47.0 Å². The Balaban J connectivity index is 1.56. The smallest absolute Gasteiger partial charge is 0.338 e. The summed E-state index contributed by atoms with van der Waals surface area (Å²) in [6.45, 7) is 3.65. The third-order valence-corrected chi connectivity index (χ3v) is 8.29. The Hall–Kier alpha value is -5.09. The van der Waals surface area contributed by atoms with E-state index in [4.69, 9.17) is 14.5 Å². The number of esters is 1. The molecule has 0 fully saturated rings. The van der Waals surface area contributed by atoms with E-state index in [0.717, 1.165) is 0 Å². The first-order valence-electron chi connectivity index (χ1n) is 13.8. The molecule has 2 aliphatic heterocycles. The summed E-state index contributed by atoms with van der Waals surface area (Å²) >= 11 is 1.17. The van der Waals surface area contributed by atoms with E-state index in [-0.39, 0.29) is 23.6 Å². The minimum absolute atomic E-state index is 0.153. The van der Waals surface area contributed by atoms with Crippen molar-refractivity contribution in [3.63, 3.8) is 0 Å². The van der Waals surface area contributed by atoms with Gasteiger partial charge < -0.3 is 9.47 Å². The third-order valence-electron chi connectivity index (χ3n) is 7.28. The van der Waals surface area contributed by atoms with E-state index < -0.39 is 17.9 Å². The Labute approximate surface area is 251 Å². The summed E-state index contributed by atoms with van der Waals surface area (Å²) in [5.41, 5.74) is 2.88. The summed E-state index contributed by atoms with van der Waals surface area (Å²) in [6.07, 6.45) is 1.65. The highest BCUT2D eigenvalue weighted by Gasteiger charge is 2.37. The van der Waals surface area contributed by atoms with E-state index in [1.807, 2.05) is 60.7 Å². The quantitative estimate of drug-likeness (QED) is 0.303. The van der Waals surface area contributed by atoms with E-state index in [2.05, 4.69) is 5.10 Å². The molecule has 0 saturated heterocycles. The van der Waals surface area contributed by atoms with Crippen LogP contribution in [-0.2, 0) is 14.3 Å². The van der Waals surface area contributed by atoms with Gasteiger partial charge in [-0.3, -0.25) is 14.2 Å². The topological polar surface area (TPSA) is 103 Å².